The Bertz CT molecular complexity index is 755. The molecule has 126 valence electrons. The van der Waals surface area contributed by atoms with Gasteiger partial charge in [0.05, 0.1) is 20.8 Å². The number of aliphatic imine (C=N–C) groups is 1. The summed E-state index contributed by atoms with van der Waals surface area (Å²) in [5.74, 6) is 1.60. The molecule has 0 N–H and O–H groups in total. The van der Waals surface area contributed by atoms with Crippen LogP contribution in [0.3, 0.4) is 0 Å². The minimum absolute atomic E-state index is 0.602. The molecular weight excluding hydrogens is 322 g/mol. The van der Waals surface area contributed by atoms with Crippen LogP contribution >= 0.6 is 11.6 Å². The van der Waals surface area contributed by atoms with Crippen molar-refractivity contribution in [3.63, 3.8) is 0 Å². The van der Waals surface area contributed by atoms with Gasteiger partial charge in [-0.15, -0.1) is 0 Å². The number of ether oxygens (including phenoxy) is 2. The van der Waals surface area contributed by atoms with Crippen LogP contribution in [0.4, 0.5) is 0 Å². The molecule has 0 spiro atoms. The Morgan fingerprint density at radius 1 is 1.00 bits per heavy atom. The average molecular weight is 344 g/mol. The first-order valence-corrected chi connectivity index (χ1v) is 8.62. The number of benzene rings is 2. The molecule has 0 heterocycles. The number of aryl methyl sites for hydroxylation is 1. The van der Waals surface area contributed by atoms with Gasteiger partial charge in [-0.1, -0.05) is 17.7 Å². The van der Waals surface area contributed by atoms with Crippen LogP contribution in [0.5, 0.6) is 11.5 Å². The zero-order valence-electron chi connectivity index (χ0n) is 14.1. The first-order valence-electron chi connectivity index (χ1n) is 8.24. The minimum atomic E-state index is 0.602. The Hall–Kier alpha value is -2.00. The third kappa shape index (κ3) is 3.73. The van der Waals surface area contributed by atoms with Gasteiger partial charge >= 0.3 is 0 Å². The first-order chi connectivity index (χ1) is 11.7. The highest BCUT2D eigenvalue weighted by molar-refractivity contribution is 6.30. The van der Waals surface area contributed by atoms with E-state index < -0.39 is 0 Å². The fourth-order valence-electron chi connectivity index (χ4n) is 3.12. The highest BCUT2D eigenvalue weighted by Gasteiger charge is 2.14. The second-order valence-electron chi connectivity index (χ2n) is 5.95. The lowest BCUT2D eigenvalue weighted by atomic mass is 10.0. The first kappa shape index (κ1) is 16.8. The van der Waals surface area contributed by atoms with Crippen LogP contribution in [-0.2, 0) is 13.0 Å². The van der Waals surface area contributed by atoms with Crippen molar-refractivity contribution in [1.29, 1.82) is 0 Å². The van der Waals surface area contributed by atoms with Crippen LogP contribution in [0.2, 0.25) is 5.02 Å². The van der Waals surface area contributed by atoms with E-state index >= 15 is 0 Å². The summed E-state index contributed by atoms with van der Waals surface area (Å²) in [5, 5.41) is 0.798. The van der Waals surface area contributed by atoms with Crippen molar-refractivity contribution in [2.45, 2.75) is 32.2 Å². The van der Waals surface area contributed by atoms with Crippen molar-refractivity contribution < 1.29 is 9.47 Å². The quantitative estimate of drug-likeness (QED) is 0.725. The number of halogens is 1. The summed E-state index contributed by atoms with van der Waals surface area (Å²) in [7, 11) is 3.33. The Balaban J connectivity index is 1.90. The van der Waals surface area contributed by atoms with Gasteiger partial charge in [0.15, 0.2) is 0 Å². The van der Waals surface area contributed by atoms with Crippen molar-refractivity contribution in [3.05, 3.63) is 58.1 Å². The van der Waals surface area contributed by atoms with Gasteiger partial charge in [0.1, 0.15) is 11.5 Å². The molecule has 3 rings (SSSR count). The maximum absolute atomic E-state index is 6.15. The number of methoxy groups -OCH3 is 2. The van der Waals surface area contributed by atoms with Crippen LogP contribution in [0, 0.1) is 0 Å². The van der Waals surface area contributed by atoms with Crippen LogP contribution in [0.25, 0.3) is 0 Å². The minimum Gasteiger partial charge on any atom is -0.497 e. The number of nitrogens with zero attached hydrogens (tertiary/aromatic N) is 1. The van der Waals surface area contributed by atoms with E-state index in [4.69, 9.17) is 26.1 Å². The maximum Gasteiger partial charge on any atom is 0.127 e. The summed E-state index contributed by atoms with van der Waals surface area (Å²) in [4.78, 5) is 4.90. The molecule has 3 nitrogen and oxygen atoms in total. The molecule has 2 aromatic carbocycles. The van der Waals surface area contributed by atoms with E-state index in [0.29, 0.717) is 6.54 Å². The van der Waals surface area contributed by atoms with Crippen molar-refractivity contribution in [3.8, 4) is 11.5 Å². The Kier molecular flexibility index (Phi) is 5.41. The molecule has 0 radical (unpaired) electrons. The molecule has 1 aliphatic carbocycles. The van der Waals surface area contributed by atoms with E-state index in [1.165, 1.54) is 17.5 Å². The summed E-state index contributed by atoms with van der Waals surface area (Å²) < 4.78 is 10.7. The fourth-order valence-corrected chi connectivity index (χ4v) is 3.32. The van der Waals surface area contributed by atoms with Crippen molar-refractivity contribution in [1.82, 2.24) is 0 Å². The third-order valence-corrected chi connectivity index (χ3v) is 4.66. The summed E-state index contributed by atoms with van der Waals surface area (Å²) >= 11 is 6.15. The van der Waals surface area contributed by atoms with Gasteiger partial charge in [-0.3, -0.25) is 4.99 Å². The summed E-state index contributed by atoms with van der Waals surface area (Å²) in [5.41, 5.74) is 4.77. The van der Waals surface area contributed by atoms with Crippen molar-refractivity contribution >= 4 is 17.3 Å². The van der Waals surface area contributed by atoms with E-state index in [2.05, 4.69) is 12.1 Å². The molecule has 0 aliphatic heterocycles. The standard InChI is InChI=1S/C20H22ClNO2/c1-23-17-9-7-15(20(12-17)24-2)13-22-19-6-4-3-5-14-11-16(21)8-10-18(14)19/h7-12H,3-6,13H2,1-2H3/b22-19-. The predicted molar refractivity (Wildman–Crippen MR) is 98.8 cm³/mol. The Morgan fingerprint density at radius 2 is 1.83 bits per heavy atom. The van der Waals surface area contributed by atoms with Crippen molar-refractivity contribution in [2.24, 2.45) is 4.99 Å². The predicted octanol–water partition coefficient (Wildman–Crippen LogP) is 5.07. The largest absolute Gasteiger partial charge is 0.497 e. The molecule has 2 aromatic rings. The molecule has 0 fully saturated rings. The van der Waals surface area contributed by atoms with Gasteiger partial charge in [0.25, 0.3) is 0 Å². The van der Waals surface area contributed by atoms with Gasteiger partial charge in [0.2, 0.25) is 0 Å². The van der Waals surface area contributed by atoms with Crippen LogP contribution in [-0.4, -0.2) is 19.9 Å². The fraction of sp³-hybridized carbons (Fsp3) is 0.350. The van der Waals surface area contributed by atoms with E-state index in [9.17, 15) is 0 Å². The maximum atomic E-state index is 6.15. The molecule has 0 atom stereocenters. The average Bonchev–Trinajstić information content (AvgIpc) is 2.81. The lowest BCUT2D eigenvalue weighted by molar-refractivity contribution is 0.391. The topological polar surface area (TPSA) is 30.8 Å². The molecule has 0 bridgehead atoms. The number of hydrogen-bond donors (Lipinski definition) is 0. The van der Waals surface area contributed by atoms with Crippen LogP contribution in [0.1, 0.15) is 36.0 Å². The van der Waals surface area contributed by atoms with E-state index in [-0.39, 0.29) is 0 Å². The number of fused-ring (bicyclic) bond motifs is 1. The van der Waals surface area contributed by atoms with Crippen molar-refractivity contribution in [2.75, 3.05) is 14.2 Å². The van der Waals surface area contributed by atoms with Crippen LogP contribution < -0.4 is 9.47 Å². The van der Waals surface area contributed by atoms with E-state index in [0.717, 1.165) is 47.1 Å². The van der Waals surface area contributed by atoms with Gasteiger partial charge in [-0.25, -0.2) is 0 Å². The van der Waals surface area contributed by atoms with Crippen LogP contribution in [0.15, 0.2) is 41.4 Å². The monoisotopic (exact) mass is 343 g/mol. The number of rotatable bonds is 4. The molecule has 0 saturated carbocycles. The summed E-state index contributed by atoms with van der Waals surface area (Å²) in [6, 6.07) is 12.0. The zero-order valence-corrected chi connectivity index (χ0v) is 14.9. The SMILES string of the molecule is COc1ccc(C/N=C2/CCCCc3cc(Cl)ccc32)c(OC)c1. The molecule has 4 heteroatoms. The van der Waals surface area contributed by atoms with Gasteiger partial charge < -0.3 is 9.47 Å². The van der Waals surface area contributed by atoms with Gasteiger partial charge in [-0.2, -0.15) is 0 Å². The van der Waals surface area contributed by atoms with E-state index in [1.54, 1.807) is 14.2 Å². The molecule has 24 heavy (non-hydrogen) atoms. The Labute approximate surface area is 148 Å². The lowest BCUT2D eigenvalue weighted by Crippen LogP contribution is -2.03. The second kappa shape index (κ2) is 7.71. The lowest BCUT2D eigenvalue weighted by Gasteiger charge is -2.11. The zero-order chi connectivity index (χ0) is 16.9. The summed E-state index contributed by atoms with van der Waals surface area (Å²) in [6.07, 6.45) is 4.41. The molecule has 0 unspecified atom stereocenters. The highest BCUT2D eigenvalue weighted by Crippen LogP contribution is 2.27. The van der Waals surface area contributed by atoms with Gasteiger partial charge in [0, 0.05) is 22.4 Å². The van der Waals surface area contributed by atoms with Gasteiger partial charge in [-0.05, 0) is 61.1 Å². The second-order valence-corrected chi connectivity index (χ2v) is 6.39. The normalized spacial score (nSPS) is 15.7. The highest BCUT2D eigenvalue weighted by atomic mass is 35.5. The Morgan fingerprint density at radius 3 is 2.62 bits per heavy atom. The molecule has 0 aromatic heterocycles. The molecule has 0 saturated heterocycles. The molecule has 1 aliphatic rings. The summed E-state index contributed by atoms with van der Waals surface area (Å²) in [6.45, 7) is 0.602. The number of hydrogen-bond acceptors (Lipinski definition) is 3. The molecule has 0 amide bonds. The van der Waals surface area contributed by atoms with E-state index in [1.807, 2.05) is 24.3 Å². The third-order valence-electron chi connectivity index (χ3n) is 4.42. The molecular formula is C20H22ClNO2. The smallest absolute Gasteiger partial charge is 0.127 e.